The van der Waals surface area contributed by atoms with Crippen LogP contribution in [0.1, 0.15) is 6.42 Å². The first kappa shape index (κ1) is 15.9. The Labute approximate surface area is 143 Å². The molecule has 1 saturated heterocycles. The molecule has 118 valence electrons. The quantitative estimate of drug-likeness (QED) is 0.675. The van der Waals surface area contributed by atoms with Crippen LogP contribution in [0.3, 0.4) is 0 Å². The second kappa shape index (κ2) is 6.64. The zero-order valence-electron chi connectivity index (χ0n) is 12.5. The average Bonchev–Trinajstić information content (AvgIpc) is 2.83. The molecule has 0 saturated carbocycles. The van der Waals surface area contributed by atoms with Crippen LogP contribution in [-0.2, 0) is 9.59 Å². The Hall–Kier alpha value is -1.98. The Morgan fingerprint density at radius 3 is 2.61 bits per heavy atom. The number of carbonyl (C=O) groups excluding carboxylic acids is 2. The van der Waals surface area contributed by atoms with Gasteiger partial charge >= 0.3 is 0 Å². The third kappa shape index (κ3) is 3.35. The number of halogens is 1. The number of anilines is 2. The van der Waals surface area contributed by atoms with Gasteiger partial charge in [-0.1, -0.05) is 17.7 Å². The van der Waals surface area contributed by atoms with Gasteiger partial charge < -0.3 is 5.32 Å². The van der Waals surface area contributed by atoms with Gasteiger partial charge in [0.25, 0.3) is 5.91 Å². The van der Waals surface area contributed by atoms with E-state index in [9.17, 15) is 9.59 Å². The average molecular weight is 347 g/mol. The van der Waals surface area contributed by atoms with E-state index in [4.69, 9.17) is 11.6 Å². The van der Waals surface area contributed by atoms with Crippen molar-refractivity contribution in [2.24, 2.45) is 0 Å². The van der Waals surface area contributed by atoms with E-state index in [1.165, 1.54) is 4.90 Å². The van der Waals surface area contributed by atoms with Gasteiger partial charge in [-0.3, -0.25) is 9.59 Å². The maximum absolute atomic E-state index is 12.6. The first-order valence-corrected chi connectivity index (χ1v) is 8.72. The highest BCUT2D eigenvalue weighted by molar-refractivity contribution is 7.98. The van der Waals surface area contributed by atoms with Gasteiger partial charge in [-0.05, 0) is 48.7 Å². The monoisotopic (exact) mass is 346 g/mol. The third-order valence-electron chi connectivity index (χ3n) is 3.64. The van der Waals surface area contributed by atoms with Crippen molar-refractivity contribution in [1.82, 2.24) is 0 Å². The van der Waals surface area contributed by atoms with Gasteiger partial charge in [-0.15, -0.1) is 11.8 Å². The van der Waals surface area contributed by atoms with E-state index < -0.39 is 6.04 Å². The van der Waals surface area contributed by atoms with Gasteiger partial charge in [0.2, 0.25) is 5.91 Å². The van der Waals surface area contributed by atoms with Crippen molar-refractivity contribution in [3.63, 3.8) is 0 Å². The molecule has 2 amide bonds. The zero-order chi connectivity index (χ0) is 16.4. The molecule has 1 aliphatic heterocycles. The van der Waals surface area contributed by atoms with Crippen LogP contribution in [0, 0.1) is 0 Å². The predicted molar refractivity (Wildman–Crippen MR) is 94.2 cm³/mol. The lowest BCUT2D eigenvalue weighted by Gasteiger charge is -2.16. The number of amides is 2. The SMILES string of the molecule is CSc1cccc(N[C@@H]2CC(=O)N(c3ccc(Cl)cc3)C2=O)c1. The minimum absolute atomic E-state index is 0.144. The number of imide groups is 1. The van der Waals surface area contributed by atoms with E-state index in [-0.39, 0.29) is 18.2 Å². The molecule has 1 N–H and O–H groups in total. The molecule has 1 heterocycles. The largest absolute Gasteiger partial charge is 0.373 e. The van der Waals surface area contributed by atoms with Crippen LogP contribution in [0.2, 0.25) is 5.02 Å². The van der Waals surface area contributed by atoms with E-state index in [1.54, 1.807) is 36.0 Å². The summed E-state index contributed by atoms with van der Waals surface area (Å²) in [6, 6.07) is 13.9. The summed E-state index contributed by atoms with van der Waals surface area (Å²) in [6.07, 6.45) is 2.14. The molecule has 1 atom stereocenters. The number of rotatable bonds is 4. The van der Waals surface area contributed by atoms with E-state index in [0.717, 1.165) is 10.6 Å². The molecule has 0 aromatic heterocycles. The Morgan fingerprint density at radius 2 is 1.91 bits per heavy atom. The minimum atomic E-state index is -0.546. The van der Waals surface area contributed by atoms with E-state index in [2.05, 4.69) is 5.32 Å². The first-order valence-electron chi connectivity index (χ1n) is 7.11. The van der Waals surface area contributed by atoms with Crippen LogP contribution in [-0.4, -0.2) is 24.1 Å². The molecule has 0 unspecified atom stereocenters. The lowest BCUT2D eigenvalue weighted by Crippen LogP contribution is -2.34. The highest BCUT2D eigenvalue weighted by Gasteiger charge is 2.39. The summed E-state index contributed by atoms with van der Waals surface area (Å²) in [5, 5.41) is 3.72. The van der Waals surface area contributed by atoms with Gasteiger partial charge in [0.05, 0.1) is 12.1 Å². The molecule has 6 heteroatoms. The molecule has 1 fully saturated rings. The van der Waals surface area contributed by atoms with Crippen LogP contribution in [0.5, 0.6) is 0 Å². The highest BCUT2D eigenvalue weighted by Crippen LogP contribution is 2.27. The minimum Gasteiger partial charge on any atom is -0.373 e. The van der Waals surface area contributed by atoms with Crippen LogP contribution in [0.4, 0.5) is 11.4 Å². The molecule has 3 rings (SSSR count). The van der Waals surface area contributed by atoms with Gasteiger partial charge in [0.1, 0.15) is 6.04 Å². The molecule has 2 aromatic rings. The third-order valence-corrected chi connectivity index (χ3v) is 4.62. The smallest absolute Gasteiger partial charge is 0.256 e. The van der Waals surface area contributed by atoms with E-state index in [1.807, 2.05) is 30.5 Å². The maximum Gasteiger partial charge on any atom is 0.256 e. The summed E-state index contributed by atoms with van der Waals surface area (Å²) in [4.78, 5) is 27.1. The molecular weight excluding hydrogens is 332 g/mol. The fourth-order valence-electron chi connectivity index (χ4n) is 2.52. The lowest BCUT2D eigenvalue weighted by molar-refractivity contribution is -0.121. The van der Waals surface area contributed by atoms with Gasteiger partial charge in [0, 0.05) is 15.6 Å². The molecular formula is C17H15ClN2O2S. The van der Waals surface area contributed by atoms with Crippen molar-refractivity contribution < 1.29 is 9.59 Å². The summed E-state index contributed by atoms with van der Waals surface area (Å²) in [7, 11) is 0. The highest BCUT2D eigenvalue weighted by atomic mass is 35.5. The first-order chi connectivity index (χ1) is 11.1. The maximum atomic E-state index is 12.6. The Kier molecular flexibility index (Phi) is 4.59. The number of nitrogens with one attached hydrogen (secondary N) is 1. The molecule has 2 aromatic carbocycles. The van der Waals surface area contributed by atoms with Crippen LogP contribution >= 0.6 is 23.4 Å². The normalized spacial score (nSPS) is 17.7. The summed E-state index contributed by atoms with van der Waals surface area (Å²) in [5.41, 5.74) is 1.38. The van der Waals surface area contributed by atoms with Crippen molar-refractivity contribution >= 4 is 46.6 Å². The van der Waals surface area contributed by atoms with Crippen molar-refractivity contribution in [3.05, 3.63) is 53.6 Å². The number of benzene rings is 2. The van der Waals surface area contributed by atoms with E-state index in [0.29, 0.717) is 10.7 Å². The molecule has 0 aliphatic carbocycles. The second-order valence-electron chi connectivity index (χ2n) is 5.18. The summed E-state index contributed by atoms with van der Waals surface area (Å²) in [6.45, 7) is 0. The summed E-state index contributed by atoms with van der Waals surface area (Å²) < 4.78 is 0. The standard InChI is InChI=1S/C17H15ClN2O2S/c1-23-14-4-2-3-12(9-14)19-15-10-16(21)20(17(15)22)13-7-5-11(18)6-8-13/h2-9,15,19H,10H2,1H3/t15-/m1/s1. The molecule has 1 aliphatic rings. The topological polar surface area (TPSA) is 49.4 Å². The summed E-state index contributed by atoms with van der Waals surface area (Å²) in [5.74, 6) is -0.456. The van der Waals surface area contributed by atoms with Crippen molar-refractivity contribution in [2.45, 2.75) is 17.4 Å². The Balaban J connectivity index is 1.79. The van der Waals surface area contributed by atoms with Crippen LogP contribution in [0.15, 0.2) is 53.4 Å². The van der Waals surface area contributed by atoms with Gasteiger partial charge in [0.15, 0.2) is 0 Å². The Bertz CT molecular complexity index is 749. The summed E-state index contributed by atoms with van der Waals surface area (Å²) >= 11 is 7.48. The van der Waals surface area contributed by atoms with Crippen molar-refractivity contribution in [3.8, 4) is 0 Å². The van der Waals surface area contributed by atoms with Gasteiger partial charge in [-0.2, -0.15) is 0 Å². The van der Waals surface area contributed by atoms with E-state index >= 15 is 0 Å². The molecule has 4 nitrogen and oxygen atoms in total. The predicted octanol–water partition coefficient (Wildman–Crippen LogP) is 3.81. The second-order valence-corrected chi connectivity index (χ2v) is 6.49. The van der Waals surface area contributed by atoms with Gasteiger partial charge in [-0.25, -0.2) is 4.90 Å². The van der Waals surface area contributed by atoms with Crippen molar-refractivity contribution in [1.29, 1.82) is 0 Å². The number of hydrogen-bond acceptors (Lipinski definition) is 4. The molecule has 0 radical (unpaired) electrons. The Morgan fingerprint density at radius 1 is 1.17 bits per heavy atom. The lowest BCUT2D eigenvalue weighted by atomic mass is 10.2. The fraction of sp³-hybridized carbons (Fsp3) is 0.176. The number of carbonyl (C=O) groups is 2. The molecule has 0 bridgehead atoms. The molecule has 0 spiro atoms. The fourth-order valence-corrected chi connectivity index (χ4v) is 3.11. The van der Waals surface area contributed by atoms with Crippen molar-refractivity contribution in [2.75, 3.05) is 16.5 Å². The van der Waals surface area contributed by atoms with Crippen LogP contribution < -0.4 is 10.2 Å². The zero-order valence-corrected chi connectivity index (χ0v) is 14.0. The number of thioether (sulfide) groups is 1. The van der Waals surface area contributed by atoms with Crippen LogP contribution in [0.25, 0.3) is 0 Å². The number of nitrogens with zero attached hydrogens (tertiary/aromatic N) is 1. The number of hydrogen-bond donors (Lipinski definition) is 1. The molecule has 23 heavy (non-hydrogen) atoms.